The lowest BCUT2D eigenvalue weighted by molar-refractivity contribution is 0.0997. The van der Waals surface area contributed by atoms with Gasteiger partial charge < -0.3 is 15.6 Å². The van der Waals surface area contributed by atoms with E-state index < -0.39 is 5.91 Å². The van der Waals surface area contributed by atoms with E-state index in [1.165, 1.54) is 12.1 Å². The SMILES string of the molecule is Cn1cc(Br)cc1C(=O)Nc1ccc(C(N)=O)c(Cl)c1. The lowest BCUT2D eigenvalue weighted by atomic mass is 10.2. The highest BCUT2D eigenvalue weighted by atomic mass is 79.9. The van der Waals surface area contributed by atoms with Crippen LogP contribution in [0.1, 0.15) is 20.8 Å². The van der Waals surface area contributed by atoms with Crippen molar-refractivity contribution in [2.45, 2.75) is 0 Å². The lowest BCUT2D eigenvalue weighted by Gasteiger charge is -2.07. The summed E-state index contributed by atoms with van der Waals surface area (Å²) in [5.41, 5.74) is 6.36. The van der Waals surface area contributed by atoms with Crippen molar-refractivity contribution >= 4 is 45.0 Å². The van der Waals surface area contributed by atoms with Gasteiger partial charge in [0.25, 0.3) is 5.91 Å². The van der Waals surface area contributed by atoms with E-state index in [9.17, 15) is 9.59 Å². The van der Waals surface area contributed by atoms with Crippen LogP contribution in [0.3, 0.4) is 0 Å². The van der Waals surface area contributed by atoms with Gasteiger partial charge in [0.15, 0.2) is 0 Å². The summed E-state index contributed by atoms with van der Waals surface area (Å²) < 4.78 is 2.51. The van der Waals surface area contributed by atoms with Crippen molar-refractivity contribution in [2.24, 2.45) is 12.8 Å². The molecule has 0 aliphatic heterocycles. The Morgan fingerprint density at radius 1 is 1.35 bits per heavy atom. The molecule has 0 aliphatic carbocycles. The predicted octanol–water partition coefficient (Wildman–Crippen LogP) is 2.79. The molecule has 20 heavy (non-hydrogen) atoms. The number of rotatable bonds is 3. The number of primary amides is 1. The fourth-order valence-electron chi connectivity index (χ4n) is 1.74. The first-order valence-corrected chi connectivity index (χ1v) is 6.78. The second-order valence-corrected chi connectivity index (χ2v) is 5.49. The summed E-state index contributed by atoms with van der Waals surface area (Å²) in [6, 6.07) is 6.23. The Morgan fingerprint density at radius 3 is 2.55 bits per heavy atom. The first-order chi connectivity index (χ1) is 9.38. The van der Waals surface area contributed by atoms with Crippen LogP contribution in [0.4, 0.5) is 5.69 Å². The summed E-state index contributed by atoms with van der Waals surface area (Å²) in [4.78, 5) is 23.2. The average molecular weight is 357 g/mol. The average Bonchev–Trinajstić information content (AvgIpc) is 2.68. The van der Waals surface area contributed by atoms with E-state index in [1.807, 2.05) is 0 Å². The first-order valence-electron chi connectivity index (χ1n) is 5.61. The maximum Gasteiger partial charge on any atom is 0.272 e. The second kappa shape index (κ2) is 5.68. The van der Waals surface area contributed by atoms with Gasteiger partial charge in [0, 0.05) is 23.4 Å². The van der Waals surface area contributed by atoms with Crippen LogP contribution in [0.5, 0.6) is 0 Å². The Kier molecular flexibility index (Phi) is 4.15. The molecule has 0 fully saturated rings. The van der Waals surface area contributed by atoms with Crippen molar-refractivity contribution in [3.63, 3.8) is 0 Å². The summed E-state index contributed by atoms with van der Waals surface area (Å²) >= 11 is 9.22. The number of nitrogens with zero attached hydrogens (tertiary/aromatic N) is 1. The Balaban J connectivity index is 2.22. The van der Waals surface area contributed by atoms with Crippen molar-refractivity contribution in [2.75, 3.05) is 5.32 Å². The van der Waals surface area contributed by atoms with Gasteiger partial charge in [0.2, 0.25) is 5.91 Å². The summed E-state index contributed by atoms with van der Waals surface area (Å²) in [7, 11) is 1.77. The molecule has 0 saturated carbocycles. The fourth-order valence-corrected chi connectivity index (χ4v) is 2.54. The second-order valence-electron chi connectivity index (χ2n) is 4.17. The minimum atomic E-state index is -0.612. The van der Waals surface area contributed by atoms with Gasteiger partial charge in [0.1, 0.15) is 5.69 Å². The van der Waals surface area contributed by atoms with Crippen LogP contribution in [0, 0.1) is 0 Å². The number of hydrogen-bond donors (Lipinski definition) is 2. The van der Waals surface area contributed by atoms with Crippen molar-refractivity contribution in [3.05, 3.63) is 51.2 Å². The van der Waals surface area contributed by atoms with Crippen molar-refractivity contribution in [1.29, 1.82) is 0 Å². The Morgan fingerprint density at radius 2 is 2.05 bits per heavy atom. The predicted molar refractivity (Wildman–Crippen MR) is 81.0 cm³/mol. The number of carbonyl (C=O) groups is 2. The lowest BCUT2D eigenvalue weighted by Crippen LogP contribution is -2.16. The smallest absolute Gasteiger partial charge is 0.272 e. The molecule has 0 aliphatic rings. The number of carbonyl (C=O) groups excluding carboxylic acids is 2. The molecule has 7 heteroatoms. The highest BCUT2D eigenvalue weighted by Gasteiger charge is 2.13. The molecular formula is C13H11BrClN3O2. The van der Waals surface area contributed by atoms with E-state index in [1.54, 1.807) is 29.9 Å². The van der Waals surface area contributed by atoms with Crippen LogP contribution in [0.2, 0.25) is 5.02 Å². The van der Waals surface area contributed by atoms with Gasteiger partial charge in [-0.15, -0.1) is 0 Å². The first kappa shape index (κ1) is 14.6. The third-order valence-corrected chi connectivity index (χ3v) is 3.44. The molecule has 1 aromatic carbocycles. The zero-order chi connectivity index (χ0) is 14.9. The van der Waals surface area contributed by atoms with E-state index >= 15 is 0 Å². The summed E-state index contributed by atoms with van der Waals surface area (Å²) in [6.45, 7) is 0. The van der Waals surface area contributed by atoms with Crippen LogP contribution in [0.15, 0.2) is 34.9 Å². The minimum Gasteiger partial charge on any atom is -0.366 e. The van der Waals surface area contributed by atoms with Gasteiger partial charge in [-0.25, -0.2) is 0 Å². The molecular weight excluding hydrogens is 346 g/mol. The number of benzene rings is 1. The van der Waals surface area contributed by atoms with E-state index in [-0.39, 0.29) is 16.5 Å². The van der Waals surface area contributed by atoms with Crippen LogP contribution in [0.25, 0.3) is 0 Å². The molecule has 5 nitrogen and oxygen atoms in total. The molecule has 2 aromatic rings. The van der Waals surface area contributed by atoms with Crippen molar-refractivity contribution in [1.82, 2.24) is 4.57 Å². The van der Waals surface area contributed by atoms with Gasteiger partial charge in [-0.1, -0.05) is 11.6 Å². The number of aryl methyl sites for hydroxylation is 1. The summed E-state index contributed by atoms with van der Waals surface area (Å²) in [5, 5.41) is 2.90. The zero-order valence-corrected chi connectivity index (χ0v) is 12.8. The van der Waals surface area contributed by atoms with E-state index in [2.05, 4.69) is 21.2 Å². The normalized spacial score (nSPS) is 10.3. The molecule has 0 atom stereocenters. The molecule has 0 radical (unpaired) electrons. The maximum atomic E-state index is 12.1. The summed E-state index contributed by atoms with van der Waals surface area (Å²) in [6.07, 6.45) is 1.78. The molecule has 0 unspecified atom stereocenters. The fraction of sp³-hybridized carbons (Fsp3) is 0.0769. The standard InChI is InChI=1S/C13H11BrClN3O2/c1-18-6-7(14)4-11(18)13(20)17-8-2-3-9(12(16)19)10(15)5-8/h2-6H,1H3,(H2,16,19)(H,17,20). The number of hydrogen-bond acceptors (Lipinski definition) is 2. The van der Waals surface area contributed by atoms with Crippen LogP contribution in [-0.4, -0.2) is 16.4 Å². The maximum absolute atomic E-state index is 12.1. The van der Waals surface area contributed by atoms with Crippen molar-refractivity contribution < 1.29 is 9.59 Å². The Hall–Kier alpha value is -1.79. The largest absolute Gasteiger partial charge is 0.366 e. The van der Waals surface area contributed by atoms with E-state index in [4.69, 9.17) is 17.3 Å². The van der Waals surface area contributed by atoms with Crippen LogP contribution >= 0.6 is 27.5 Å². The number of amides is 2. The number of aromatic nitrogens is 1. The highest BCUT2D eigenvalue weighted by molar-refractivity contribution is 9.10. The Bertz CT molecular complexity index is 697. The number of anilines is 1. The van der Waals surface area contributed by atoms with E-state index in [0.29, 0.717) is 11.4 Å². The molecule has 3 N–H and O–H groups in total. The van der Waals surface area contributed by atoms with E-state index in [0.717, 1.165) is 4.47 Å². The van der Waals surface area contributed by atoms with Crippen molar-refractivity contribution in [3.8, 4) is 0 Å². The van der Waals surface area contributed by atoms with Gasteiger partial charge in [-0.2, -0.15) is 0 Å². The highest BCUT2D eigenvalue weighted by Crippen LogP contribution is 2.21. The van der Waals surface area contributed by atoms with Gasteiger partial charge in [0.05, 0.1) is 10.6 Å². The molecule has 0 spiro atoms. The third-order valence-electron chi connectivity index (χ3n) is 2.70. The third kappa shape index (κ3) is 3.02. The topological polar surface area (TPSA) is 77.1 Å². The molecule has 0 bridgehead atoms. The minimum absolute atomic E-state index is 0.198. The number of nitrogens with one attached hydrogen (secondary N) is 1. The van der Waals surface area contributed by atoms with Gasteiger partial charge >= 0.3 is 0 Å². The van der Waals surface area contributed by atoms with Crippen LogP contribution in [-0.2, 0) is 7.05 Å². The quantitative estimate of drug-likeness (QED) is 0.887. The molecule has 1 heterocycles. The molecule has 0 saturated heterocycles. The molecule has 2 rings (SSSR count). The Labute approximate surface area is 128 Å². The number of halogens is 2. The van der Waals surface area contributed by atoms with Crippen LogP contribution < -0.4 is 11.1 Å². The number of nitrogens with two attached hydrogens (primary N) is 1. The molecule has 2 amide bonds. The monoisotopic (exact) mass is 355 g/mol. The van der Waals surface area contributed by atoms with Gasteiger partial charge in [-0.3, -0.25) is 9.59 Å². The molecule has 104 valence electrons. The molecule has 1 aromatic heterocycles. The summed E-state index contributed by atoms with van der Waals surface area (Å²) in [5.74, 6) is -0.889. The van der Waals surface area contributed by atoms with Gasteiger partial charge in [-0.05, 0) is 40.2 Å². The zero-order valence-electron chi connectivity index (χ0n) is 10.5.